The highest BCUT2D eigenvalue weighted by atomic mass is 35.5. The first-order chi connectivity index (χ1) is 3.30. The molecule has 0 aromatic carbocycles. The van der Waals surface area contributed by atoms with Gasteiger partial charge in [-0.1, -0.05) is 5.16 Å². The number of hydrogen-bond donors (Lipinski definition) is 0. The van der Waals surface area contributed by atoms with Crippen molar-refractivity contribution < 1.29 is 4.84 Å². The average molecular weight is 121 g/mol. The minimum atomic E-state index is 0.368. The molecule has 7 heavy (non-hydrogen) atoms. The van der Waals surface area contributed by atoms with Crippen molar-refractivity contribution in [2.45, 2.75) is 6.92 Å². The Bertz CT molecular complexity index is 103. The van der Waals surface area contributed by atoms with Crippen LogP contribution in [0, 0.1) is 0 Å². The minimum absolute atomic E-state index is 0.368. The van der Waals surface area contributed by atoms with E-state index >= 15 is 0 Å². The molecule has 0 radical (unpaired) electrons. The average Bonchev–Trinajstić information content (AvgIpc) is 1.91. The molecule has 0 saturated carbocycles. The first-order valence-electron chi connectivity index (χ1n) is 1.90. The quantitative estimate of drug-likeness (QED) is 0.441. The molecule has 1 aliphatic rings. The Morgan fingerprint density at radius 2 is 2.71 bits per heavy atom. The van der Waals surface area contributed by atoms with Gasteiger partial charge in [-0.2, -0.15) is 0 Å². The molecular weight excluding hydrogens is 115 g/mol. The number of halogens is 1. The van der Waals surface area contributed by atoms with Gasteiger partial charge in [0.25, 0.3) is 0 Å². The number of hydrogen-bond acceptors (Lipinski definition) is 3. The standard InChI is InChI=1S/C3H5ClN2O/c1-3-5-7-2-6(3)4/h2H2,1H3. The van der Waals surface area contributed by atoms with Gasteiger partial charge >= 0.3 is 0 Å². The predicted octanol–water partition coefficient (Wildman–Crippen LogP) is 0.763. The lowest BCUT2D eigenvalue weighted by Gasteiger charge is -1.98. The Morgan fingerprint density at radius 3 is 2.86 bits per heavy atom. The molecule has 1 rings (SSSR count). The third-order valence-electron chi connectivity index (χ3n) is 0.719. The van der Waals surface area contributed by atoms with E-state index in [1.54, 1.807) is 6.92 Å². The normalized spacial score (nSPS) is 19.1. The molecule has 0 bridgehead atoms. The van der Waals surface area contributed by atoms with Crippen LogP contribution < -0.4 is 0 Å². The topological polar surface area (TPSA) is 24.8 Å². The highest BCUT2D eigenvalue weighted by molar-refractivity contribution is 6.21. The molecule has 40 valence electrons. The molecule has 0 fully saturated rings. The van der Waals surface area contributed by atoms with Crippen molar-refractivity contribution in [3.63, 3.8) is 0 Å². The summed E-state index contributed by atoms with van der Waals surface area (Å²) in [6.45, 7) is 2.15. The zero-order chi connectivity index (χ0) is 5.28. The summed E-state index contributed by atoms with van der Waals surface area (Å²) in [6, 6.07) is 0. The van der Waals surface area contributed by atoms with Crippen molar-refractivity contribution in [2.75, 3.05) is 6.73 Å². The third kappa shape index (κ3) is 0.771. The maximum Gasteiger partial charge on any atom is 0.204 e. The van der Waals surface area contributed by atoms with Gasteiger partial charge in [-0.3, -0.25) is 0 Å². The fourth-order valence-electron chi connectivity index (χ4n) is 0.311. The second-order valence-electron chi connectivity index (χ2n) is 1.26. The first kappa shape index (κ1) is 4.71. The van der Waals surface area contributed by atoms with Crippen molar-refractivity contribution in [3.8, 4) is 0 Å². The molecule has 4 heteroatoms. The van der Waals surface area contributed by atoms with Crippen LogP contribution in [0.4, 0.5) is 0 Å². The smallest absolute Gasteiger partial charge is 0.204 e. The first-order valence-corrected chi connectivity index (χ1v) is 2.24. The SMILES string of the molecule is CC1=NOCN1Cl. The van der Waals surface area contributed by atoms with Crippen LogP contribution in [-0.4, -0.2) is 17.0 Å². The van der Waals surface area contributed by atoms with Crippen molar-refractivity contribution in [3.05, 3.63) is 0 Å². The summed E-state index contributed by atoms with van der Waals surface area (Å²) >= 11 is 5.44. The van der Waals surface area contributed by atoms with Gasteiger partial charge in [-0.25, -0.2) is 4.42 Å². The Morgan fingerprint density at radius 1 is 2.00 bits per heavy atom. The van der Waals surface area contributed by atoms with Gasteiger partial charge in [0, 0.05) is 11.8 Å². The van der Waals surface area contributed by atoms with Crippen molar-refractivity contribution in [1.82, 2.24) is 4.42 Å². The second-order valence-corrected chi connectivity index (χ2v) is 1.67. The van der Waals surface area contributed by atoms with E-state index in [1.165, 1.54) is 4.42 Å². The van der Waals surface area contributed by atoms with E-state index < -0.39 is 0 Å². The molecule has 0 aromatic heterocycles. The number of amidine groups is 1. The molecule has 0 aliphatic carbocycles. The van der Waals surface area contributed by atoms with Crippen LogP contribution in [0.3, 0.4) is 0 Å². The van der Waals surface area contributed by atoms with E-state index in [2.05, 4.69) is 9.99 Å². The molecule has 1 aliphatic heterocycles. The van der Waals surface area contributed by atoms with Crippen LogP contribution in [0.1, 0.15) is 6.92 Å². The van der Waals surface area contributed by atoms with E-state index in [0.717, 1.165) is 0 Å². The van der Waals surface area contributed by atoms with Crippen LogP contribution in [0.5, 0.6) is 0 Å². The Balaban J connectivity index is 2.54. The van der Waals surface area contributed by atoms with E-state index in [4.69, 9.17) is 11.8 Å². The largest absolute Gasteiger partial charge is 0.371 e. The second kappa shape index (κ2) is 1.58. The molecule has 0 aromatic rings. The summed E-state index contributed by atoms with van der Waals surface area (Å²) in [4.78, 5) is 4.55. The van der Waals surface area contributed by atoms with E-state index in [1.807, 2.05) is 0 Å². The zero-order valence-electron chi connectivity index (χ0n) is 3.89. The van der Waals surface area contributed by atoms with Gasteiger partial charge < -0.3 is 4.84 Å². The molecule has 0 spiro atoms. The van der Waals surface area contributed by atoms with Crippen LogP contribution >= 0.6 is 11.8 Å². The molecule has 0 unspecified atom stereocenters. The van der Waals surface area contributed by atoms with E-state index in [-0.39, 0.29) is 0 Å². The van der Waals surface area contributed by atoms with E-state index in [9.17, 15) is 0 Å². The zero-order valence-corrected chi connectivity index (χ0v) is 4.64. The third-order valence-corrected chi connectivity index (χ3v) is 1.06. The number of nitrogens with zero attached hydrogens (tertiary/aromatic N) is 2. The van der Waals surface area contributed by atoms with Gasteiger partial charge in [0.05, 0.1) is 0 Å². The predicted molar refractivity (Wildman–Crippen MR) is 26.8 cm³/mol. The van der Waals surface area contributed by atoms with Gasteiger partial charge in [-0.05, 0) is 6.92 Å². The van der Waals surface area contributed by atoms with Gasteiger partial charge in [0.15, 0.2) is 5.84 Å². The van der Waals surface area contributed by atoms with Crippen molar-refractivity contribution in [2.24, 2.45) is 5.16 Å². The molecule has 0 atom stereocenters. The molecule has 0 amide bonds. The summed E-state index contributed by atoms with van der Waals surface area (Å²) in [6.07, 6.45) is 0. The summed E-state index contributed by atoms with van der Waals surface area (Å²) in [7, 11) is 0. The van der Waals surface area contributed by atoms with Gasteiger partial charge in [0.1, 0.15) is 0 Å². The fraction of sp³-hybridized carbons (Fsp3) is 0.667. The molecule has 1 heterocycles. The van der Waals surface area contributed by atoms with Crippen molar-refractivity contribution >= 4 is 17.6 Å². The Kier molecular flexibility index (Phi) is 1.06. The highest BCUT2D eigenvalue weighted by Crippen LogP contribution is 2.03. The lowest BCUT2D eigenvalue weighted by molar-refractivity contribution is 0.138. The summed E-state index contributed by atoms with van der Waals surface area (Å²) < 4.78 is 1.40. The highest BCUT2D eigenvalue weighted by Gasteiger charge is 2.09. The maximum absolute atomic E-state index is 5.44. The minimum Gasteiger partial charge on any atom is -0.371 e. The van der Waals surface area contributed by atoms with Gasteiger partial charge in [-0.15, -0.1) is 0 Å². The lowest BCUT2D eigenvalue weighted by atomic mass is 10.7. The monoisotopic (exact) mass is 120 g/mol. The molecule has 3 nitrogen and oxygen atoms in total. The maximum atomic E-state index is 5.44. The number of rotatable bonds is 0. The molecule has 0 saturated heterocycles. The molecule has 0 N–H and O–H groups in total. The summed E-state index contributed by atoms with van der Waals surface area (Å²) in [5, 5.41) is 3.53. The van der Waals surface area contributed by atoms with Crippen LogP contribution in [-0.2, 0) is 4.84 Å². The van der Waals surface area contributed by atoms with E-state index in [0.29, 0.717) is 12.6 Å². The van der Waals surface area contributed by atoms with Crippen molar-refractivity contribution in [1.29, 1.82) is 0 Å². The fourth-order valence-corrected chi connectivity index (χ4v) is 0.385. The van der Waals surface area contributed by atoms with Crippen LogP contribution in [0.15, 0.2) is 5.16 Å². The van der Waals surface area contributed by atoms with Crippen LogP contribution in [0.25, 0.3) is 0 Å². The summed E-state index contributed by atoms with van der Waals surface area (Å²) in [5.41, 5.74) is 0. The van der Waals surface area contributed by atoms with Gasteiger partial charge in [0.2, 0.25) is 6.73 Å². The van der Waals surface area contributed by atoms with Crippen LogP contribution in [0.2, 0.25) is 0 Å². The molecular formula is C3H5ClN2O. The summed E-state index contributed by atoms with van der Waals surface area (Å²) in [5.74, 6) is 0.710. The Hall–Kier alpha value is -0.440. The Labute approximate surface area is 46.6 Å². The lowest BCUT2D eigenvalue weighted by Crippen LogP contribution is -2.11. The number of oxime groups is 1.